The van der Waals surface area contributed by atoms with Gasteiger partial charge in [-0.15, -0.1) is 0 Å². The van der Waals surface area contributed by atoms with Crippen molar-refractivity contribution in [3.63, 3.8) is 0 Å². The van der Waals surface area contributed by atoms with Crippen LogP contribution in [-0.4, -0.2) is 40.2 Å². The van der Waals surface area contributed by atoms with Crippen molar-refractivity contribution in [2.45, 2.75) is 77.7 Å². The molecule has 0 spiro atoms. The standard InChI is InChI=1S/C18H33NO3S/c1-3-19(17(18(21)22)15-9-5-6-10-15)16(20)11-7-4-8-14(2)12-13-23/h14-15,17,23H,3-13H2,1-2H3,(H,21,22). The van der Waals surface area contributed by atoms with Gasteiger partial charge < -0.3 is 10.0 Å². The largest absolute Gasteiger partial charge is 0.480 e. The molecule has 2 unspecified atom stereocenters. The molecule has 1 rings (SSSR count). The van der Waals surface area contributed by atoms with Crippen molar-refractivity contribution in [3.8, 4) is 0 Å². The van der Waals surface area contributed by atoms with Gasteiger partial charge in [-0.2, -0.15) is 12.6 Å². The van der Waals surface area contributed by atoms with E-state index in [0.29, 0.717) is 18.9 Å². The Hall–Kier alpha value is -0.710. The predicted octanol–water partition coefficient (Wildman–Crippen LogP) is 3.99. The summed E-state index contributed by atoms with van der Waals surface area (Å²) in [6, 6.07) is -0.627. The topological polar surface area (TPSA) is 57.6 Å². The summed E-state index contributed by atoms with van der Waals surface area (Å²) in [4.78, 5) is 25.8. The Morgan fingerprint density at radius 3 is 2.39 bits per heavy atom. The van der Waals surface area contributed by atoms with Gasteiger partial charge in [0.15, 0.2) is 0 Å². The number of thiol groups is 1. The minimum atomic E-state index is -0.838. The highest BCUT2D eigenvalue weighted by Crippen LogP contribution is 2.31. The molecule has 1 fully saturated rings. The van der Waals surface area contributed by atoms with Crippen LogP contribution < -0.4 is 0 Å². The number of carboxylic acids is 1. The summed E-state index contributed by atoms with van der Waals surface area (Å²) >= 11 is 4.24. The van der Waals surface area contributed by atoms with Gasteiger partial charge in [0.1, 0.15) is 6.04 Å². The van der Waals surface area contributed by atoms with E-state index in [4.69, 9.17) is 0 Å². The summed E-state index contributed by atoms with van der Waals surface area (Å²) in [6.45, 7) is 4.59. The number of carbonyl (C=O) groups is 2. The Kier molecular flexibility index (Phi) is 9.68. The van der Waals surface area contributed by atoms with Crippen LogP contribution in [0.4, 0.5) is 0 Å². The summed E-state index contributed by atoms with van der Waals surface area (Å²) in [7, 11) is 0. The van der Waals surface area contributed by atoms with Crippen molar-refractivity contribution in [3.05, 3.63) is 0 Å². The van der Waals surface area contributed by atoms with E-state index in [1.807, 2.05) is 6.92 Å². The lowest BCUT2D eigenvalue weighted by atomic mass is 9.95. The number of likely N-dealkylation sites (N-methyl/N-ethyl adjacent to an activating group) is 1. The van der Waals surface area contributed by atoms with Gasteiger partial charge in [0.05, 0.1) is 0 Å². The van der Waals surface area contributed by atoms with Gasteiger partial charge in [0, 0.05) is 13.0 Å². The third-order valence-electron chi connectivity index (χ3n) is 5.06. The van der Waals surface area contributed by atoms with E-state index in [1.54, 1.807) is 4.90 Å². The maximum atomic E-state index is 12.5. The lowest BCUT2D eigenvalue weighted by Crippen LogP contribution is -2.48. The number of nitrogens with zero attached hydrogens (tertiary/aromatic N) is 1. The molecule has 0 aromatic carbocycles. The van der Waals surface area contributed by atoms with Crippen LogP contribution in [0.25, 0.3) is 0 Å². The van der Waals surface area contributed by atoms with E-state index in [9.17, 15) is 14.7 Å². The third-order valence-corrected chi connectivity index (χ3v) is 5.31. The molecule has 1 amide bonds. The Labute approximate surface area is 146 Å². The number of unbranched alkanes of at least 4 members (excludes halogenated alkanes) is 1. The predicted molar refractivity (Wildman–Crippen MR) is 96.9 cm³/mol. The molecule has 1 saturated carbocycles. The quantitative estimate of drug-likeness (QED) is 0.440. The lowest BCUT2D eigenvalue weighted by molar-refractivity contribution is -0.152. The fraction of sp³-hybridized carbons (Fsp3) is 0.889. The highest BCUT2D eigenvalue weighted by Gasteiger charge is 2.36. The molecule has 0 radical (unpaired) electrons. The zero-order valence-corrected chi connectivity index (χ0v) is 15.6. The first kappa shape index (κ1) is 20.3. The number of amides is 1. The zero-order valence-electron chi connectivity index (χ0n) is 14.7. The van der Waals surface area contributed by atoms with Gasteiger partial charge in [0.25, 0.3) is 0 Å². The Bertz CT molecular complexity index is 369. The molecule has 0 aliphatic heterocycles. The van der Waals surface area contributed by atoms with Crippen molar-refractivity contribution in [1.29, 1.82) is 0 Å². The van der Waals surface area contributed by atoms with Crippen LogP contribution in [0.3, 0.4) is 0 Å². The number of hydrogen-bond acceptors (Lipinski definition) is 3. The second-order valence-corrected chi connectivity index (χ2v) is 7.32. The normalized spacial score (nSPS) is 17.9. The van der Waals surface area contributed by atoms with Gasteiger partial charge >= 0.3 is 5.97 Å². The molecule has 0 saturated heterocycles. The van der Waals surface area contributed by atoms with Crippen molar-refractivity contribution >= 4 is 24.5 Å². The SMILES string of the molecule is CCN(C(=O)CCCCC(C)CCS)C(C(=O)O)C1CCCC1. The van der Waals surface area contributed by atoms with E-state index in [1.165, 1.54) is 0 Å². The van der Waals surface area contributed by atoms with Crippen LogP contribution in [0.1, 0.15) is 71.6 Å². The first-order valence-corrected chi connectivity index (χ1v) is 9.77. The van der Waals surface area contributed by atoms with Gasteiger partial charge in [-0.05, 0) is 50.2 Å². The first-order chi connectivity index (χ1) is 11.0. The van der Waals surface area contributed by atoms with Crippen LogP contribution in [0.5, 0.6) is 0 Å². The maximum Gasteiger partial charge on any atom is 0.326 e. The molecule has 1 aliphatic carbocycles. The highest BCUT2D eigenvalue weighted by molar-refractivity contribution is 7.80. The van der Waals surface area contributed by atoms with Gasteiger partial charge in [0.2, 0.25) is 5.91 Å². The Morgan fingerprint density at radius 2 is 1.87 bits per heavy atom. The van der Waals surface area contributed by atoms with E-state index in [2.05, 4.69) is 19.6 Å². The van der Waals surface area contributed by atoms with E-state index < -0.39 is 12.0 Å². The summed E-state index contributed by atoms with van der Waals surface area (Å²) in [5, 5.41) is 9.59. The molecular formula is C18H33NO3S. The second kappa shape index (κ2) is 11.0. The molecular weight excluding hydrogens is 310 g/mol. The number of carbonyl (C=O) groups excluding carboxylic acids is 1. The lowest BCUT2D eigenvalue weighted by Gasteiger charge is -2.32. The summed E-state index contributed by atoms with van der Waals surface area (Å²) in [6.07, 6.45) is 8.61. The number of hydrogen-bond donors (Lipinski definition) is 2. The van der Waals surface area contributed by atoms with Crippen molar-refractivity contribution < 1.29 is 14.7 Å². The minimum Gasteiger partial charge on any atom is -0.480 e. The Balaban J connectivity index is 2.47. The number of rotatable bonds is 11. The molecule has 1 aliphatic rings. The number of aliphatic carboxylic acids is 1. The van der Waals surface area contributed by atoms with Crippen molar-refractivity contribution in [2.24, 2.45) is 11.8 Å². The van der Waals surface area contributed by atoms with Gasteiger partial charge in [-0.25, -0.2) is 4.79 Å². The second-order valence-electron chi connectivity index (χ2n) is 6.87. The van der Waals surface area contributed by atoms with Crippen molar-refractivity contribution in [1.82, 2.24) is 4.90 Å². The van der Waals surface area contributed by atoms with E-state index in [0.717, 1.165) is 57.1 Å². The summed E-state index contributed by atoms with van der Waals surface area (Å²) in [5.74, 6) is 0.857. The van der Waals surface area contributed by atoms with E-state index in [-0.39, 0.29) is 11.8 Å². The van der Waals surface area contributed by atoms with Crippen LogP contribution >= 0.6 is 12.6 Å². The van der Waals surface area contributed by atoms with Crippen LogP contribution in [0, 0.1) is 11.8 Å². The molecule has 23 heavy (non-hydrogen) atoms. The molecule has 0 bridgehead atoms. The third kappa shape index (κ3) is 6.74. The fourth-order valence-electron chi connectivity index (χ4n) is 3.67. The average molecular weight is 344 g/mol. The minimum absolute atomic E-state index is 0.00801. The highest BCUT2D eigenvalue weighted by atomic mass is 32.1. The average Bonchev–Trinajstić information content (AvgIpc) is 3.02. The summed E-state index contributed by atoms with van der Waals surface area (Å²) < 4.78 is 0. The van der Waals surface area contributed by atoms with Crippen LogP contribution in [0.15, 0.2) is 0 Å². The van der Waals surface area contributed by atoms with Crippen LogP contribution in [-0.2, 0) is 9.59 Å². The molecule has 2 atom stereocenters. The number of carboxylic acid groups (broad SMARTS) is 1. The smallest absolute Gasteiger partial charge is 0.326 e. The molecule has 0 aromatic heterocycles. The monoisotopic (exact) mass is 343 g/mol. The Morgan fingerprint density at radius 1 is 1.22 bits per heavy atom. The van der Waals surface area contributed by atoms with Crippen molar-refractivity contribution in [2.75, 3.05) is 12.3 Å². The maximum absolute atomic E-state index is 12.5. The molecule has 5 heteroatoms. The molecule has 4 nitrogen and oxygen atoms in total. The first-order valence-electron chi connectivity index (χ1n) is 9.14. The van der Waals surface area contributed by atoms with Gasteiger partial charge in [-0.1, -0.05) is 32.6 Å². The zero-order chi connectivity index (χ0) is 17.2. The fourth-order valence-corrected chi connectivity index (χ4v) is 4.11. The van der Waals surface area contributed by atoms with E-state index >= 15 is 0 Å². The molecule has 1 N–H and O–H groups in total. The molecule has 0 aromatic rings. The summed E-state index contributed by atoms with van der Waals surface area (Å²) in [5.41, 5.74) is 0. The van der Waals surface area contributed by atoms with Crippen LogP contribution in [0.2, 0.25) is 0 Å². The molecule has 134 valence electrons. The molecule has 0 heterocycles. The van der Waals surface area contributed by atoms with Gasteiger partial charge in [-0.3, -0.25) is 4.79 Å².